The van der Waals surface area contributed by atoms with Crippen molar-refractivity contribution in [2.24, 2.45) is 5.41 Å². The zero-order valence-electron chi connectivity index (χ0n) is 23.0. The standard InChI is InChI=1S/C30H28BrClN6O3/c1-15-7-18(19-11-33-17(3)34-12-19)8-20-21(16(2)39)13-37(27(15)20)14-26(40)38-23(9-30(4)10-24(30)38)29(41)36-28-22(32)5-6-25(31)35-28/h5-8,11-13,23-24H,9-10,14H2,1-4H3,(H,35,36,41)/t23-,24+,30-/m0/s1. The molecule has 0 spiro atoms. The van der Waals surface area contributed by atoms with Crippen LogP contribution in [0.2, 0.25) is 5.02 Å². The minimum atomic E-state index is -0.647. The molecule has 1 aliphatic heterocycles. The molecule has 41 heavy (non-hydrogen) atoms. The molecule has 11 heteroatoms. The van der Waals surface area contributed by atoms with Crippen molar-refractivity contribution < 1.29 is 14.4 Å². The highest BCUT2D eigenvalue weighted by atomic mass is 79.9. The van der Waals surface area contributed by atoms with Gasteiger partial charge in [0.2, 0.25) is 11.8 Å². The van der Waals surface area contributed by atoms with Gasteiger partial charge in [-0.3, -0.25) is 14.4 Å². The van der Waals surface area contributed by atoms with Crippen molar-refractivity contribution in [3.8, 4) is 11.1 Å². The SMILES string of the molecule is CC(=O)c1cn(CC(=O)N2[C@H](C(=O)Nc3nc(Br)ccc3Cl)C[C@@]3(C)C[C@@H]23)c2c(C)cc(-c3cnc(C)nc3)cc12. The lowest BCUT2D eigenvalue weighted by atomic mass is 10.0. The minimum Gasteiger partial charge on any atom is -0.337 e. The highest BCUT2D eigenvalue weighted by Gasteiger charge is 2.64. The molecule has 2 aliphatic rings. The van der Waals surface area contributed by atoms with Crippen molar-refractivity contribution in [3.05, 3.63) is 69.4 Å². The van der Waals surface area contributed by atoms with Crippen molar-refractivity contribution >= 4 is 61.8 Å². The van der Waals surface area contributed by atoms with E-state index in [4.69, 9.17) is 11.6 Å². The Morgan fingerprint density at radius 3 is 2.56 bits per heavy atom. The van der Waals surface area contributed by atoms with Gasteiger partial charge in [0.05, 0.1) is 10.5 Å². The number of likely N-dealkylation sites (tertiary alicyclic amines) is 1. The number of piperidine rings is 1. The predicted molar refractivity (Wildman–Crippen MR) is 160 cm³/mol. The highest BCUT2D eigenvalue weighted by Crippen LogP contribution is 2.59. The zero-order chi connectivity index (χ0) is 29.2. The fraction of sp³-hybridized carbons (Fsp3) is 0.333. The second-order valence-electron chi connectivity index (χ2n) is 11.3. The number of nitrogens with one attached hydrogen (secondary N) is 1. The van der Waals surface area contributed by atoms with E-state index in [0.29, 0.717) is 27.4 Å². The number of aromatic nitrogens is 4. The molecule has 4 heterocycles. The van der Waals surface area contributed by atoms with Crippen molar-refractivity contribution in [1.82, 2.24) is 24.4 Å². The number of hydrogen-bond donors (Lipinski definition) is 1. The van der Waals surface area contributed by atoms with Crippen LogP contribution in [0.4, 0.5) is 5.82 Å². The third kappa shape index (κ3) is 4.93. The van der Waals surface area contributed by atoms with Gasteiger partial charge in [-0.1, -0.05) is 18.5 Å². The van der Waals surface area contributed by atoms with E-state index < -0.39 is 6.04 Å². The van der Waals surface area contributed by atoms with Gasteiger partial charge < -0.3 is 14.8 Å². The van der Waals surface area contributed by atoms with Crippen molar-refractivity contribution in [1.29, 1.82) is 0 Å². The number of benzene rings is 1. The van der Waals surface area contributed by atoms with Crippen LogP contribution < -0.4 is 5.32 Å². The molecule has 9 nitrogen and oxygen atoms in total. The number of nitrogens with zero attached hydrogens (tertiary/aromatic N) is 5. The molecule has 0 unspecified atom stereocenters. The third-order valence-electron chi connectivity index (χ3n) is 8.24. The molecule has 1 aliphatic carbocycles. The van der Waals surface area contributed by atoms with Crippen molar-refractivity contribution in [2.45, 2.75) is 59.2 Å². The van der Waals surface area contributed by atoms with E-state index in [0.717, 1.165) is 34.0 Å². The number of fused-ring (bicyclic) bond motifs is 2. The van der Waals surface area contributed by atoms with Gasteiger partial charge in [0.25, 0.3) is 0 Å². The number of carbonyl (C=O) groups is 3. The second kappa shape index (κ2) is 10.0. The molecule has 2 amide bonds. The molecule has 3 aromatic heterocycles. The number of pyridine rings is 1. The molecule has 210 valence electrons. The molecule has 0 bridgehead atoms. The Kier molecular flexibility index (Phi) is 6.73. The van der Waals surface area contributed by atoms with Crippen LogP contribution in [0.3, 0.4) is 0 Å². The van der Waals surface area contributed by atoms with Crippen LogP contribution in [0.25, 0.3) is 22.0 Å². The van der Waals surface area contributed by atoms with Gasteiger partial charge in [-0.2, -0.15) is 0 Å². The molecule has 4 aromatic rings. The van der Waals surface area contributed by atoms with Gasteiger partial charge >= 0.3 is 0 Å². The van der Waals surface area contributed by atoms with Gasteiger partial charge in [0, 0.05) is 41.1 Å². The number of halogens is 2. The Morgan fingerprint density at radius 1 is 1.12 bits per heavy atom. The molecule has 1 saturated heterocycles. The summed E-state index contributed by atoms with van der Waals surface area (Å²) in [7, 11) is 0. The predicted octanol–water partition coefficient (Wildman–Crippen LogP) is 5.75. The van der Waals surface area contributed by atoms with Gasteiger partial charge in [-0.25, -0.2) is 15.0 Å². The van der Waals surface area contributed by atoms with E-state index in [1.54, 1.807) is 35.6 Å². The average molecular weight is 636 g/mol. The molecule has 6 rings (SSSR count). The normalized spacial score (nSPS) is 21.2. The number of carbonyl (C=O) groups excluding carboxylic acids is 3. The van der Waals surface area contributed by atoms with Crippen LogP contribution >= 0.6 is 27.5 Å². The summed E-state index contributed by atoms with van der Waals surface area (Å²) in [6.07, 6.45) is 6.69. The van der Waals surface area contributed by atoms with Crippen LogP contribution in [0, 0.1) is 19.3 Å². The molecule has 1 saturated carbocycles. The summed E-state index contributed by atoms with van der Waals surface area (Å²) in [6.45, 7) is 7.42. The largest absolute Gasteiger partial charge is 0.337 e. The van der Waals surface area contributed by atoms with Gasteiger partial charge in [0.15, 0.2) is 11.6 Å². The van der Waals surface area contributed by atoms with E-state index in [2.05, 4.69) is 43.1 Å². The van der Waals surface area contributed by atoms with Crippen LogP contribution in [0.15, 0.2) is 47.5 Å². The molecule has 1 aromatic carbocycles. The molecule has 1 N–H and O–H groups in total. The quantitative estimate of drug-likeness (QED) is 0.214. The van der Waals surface area contributed by atoms with Crippen LogP contribution in [0.5, 0.6) is 0 Å². The van der Waals surface area contributed by atoms with Crippen molar-refractivity contribution in [2.75, 3.05) is 5.32 Å². The van der Waals surface area contributed by atoms with Crippen molar-refractivity contribution in [3.63, 3.8) is 0 Å². The number of Topliss-reactive ketones (excluding diaryl/α,β-unsaturated/α-hetero) is 1. The van der Waals surface area contributed by atoms with Crippen LogP contribution in [0.1, 0.15) is 48.4 Å². The second-order valence-corrected chi connectivity index (χ2v) is 12.5. The van der Waals surface area contributed by atoms with Crippen LogP contribution in [-0.2, 0) is 16.1 Å². The Morgan fingerprint density at radius 2 is 1.85 bits per heavy atom. The topological polar surface area (TPSA) is 110 Å². The summed E-state index contributed by atoms with van der Waals surface area (Å²) in [5.41, 5.74) is 3.90. The molecule has 0 radical (unpaired) electrons. The van der Waals surface area contributed by atoms with E-state index in [-0.39, 0.29) is 41.4 Å². The third-order valence-corrected chi connectivity index (χ3v) is 8.99. The summed E-state index contributed by atoms with van der Waals surface area (Å²) in [5, 5.41) is 3.90. The lowest BCUT2D eigenvalue weighted by molar-refractivity contribution is -0.138. The summed E-state index contributed by atoms with van der Waals surface area (Å²) >= 11 is 9.56. The first-order valence-corrected chi connectivity index (χ1v) is 14.5. The lowest BCUT2D eigenvalue weighted by Crippen LogP contribution is -2.46. The Balaban J connectivity index is 1.32. The lowest BCUT2D eigenvalue weighted by Gasteiger charge is -2.27. The first kappa shape index (κ1) is 27.5. The van der Waals surface area contributed by atoms with E-state index >= 15 is 0 Å². The fourth-order valence-electron chi connectivity index (χ4n) is 6.06. The molecular formula is C30H28BrClN6O3. The van der Waals surface area contributed by atoms with Gasteiger partial charge in [-0.15, -0.1) is 0 Å². The number of aryl methyl sites for hydroxylation is 2. The van der Waals surface area contributed by atoms with Gasteiger partial charge in [0.1, 0.15) is 23.0 Å². The molecule has 2 fully saturated rings. The first-order chi connectivity index (χ1) is 19.4. The minimum absolute atomic E-state index is 0.00383. The fourth-order valence-corrected chi connectivity index (χ4v) is 6.53. The maximum absolute atomic E-state index is 13.9. The van der Waals surface area contributed by atoms with Crippen LogP contribution in [-0.4, -0.2) is 54.1 Å². The number of anilines is 1. The van der Waals surface area contributed by atoms with Gasteiger partial charge in [-0.05, 0) is 90.4 Å². The Hall–Kier alpha value is -3.63. The average Bonchev–Trinajstić information content (AvgIpc) is 3.27. The Bertz CT molecular complexity index is 1750. The smallest absolute Gasteiger partial charge is 0.248 e. The number of hydrogen-bond acceptors (Lipinski definition) is 6. The monoisotopic (exact) mass is 634 g/mol. The summed E-state index contributed by atoms with van der Waals surface area (Å²) in [5.74, 6) is 0.341. The number of ketones is 1. The summed E-state index contributed by atoms with van der Waals surface area (Å²) in [6, 6.07) is 6.64. The van der Waals surface area contributed by atoms with E-state index in [1.807, 2.05) is 30.5 Å². The maximum atomic E-state index is 13.9. The van der Waals surface area contributed by atoms with E-state index in [1.165, 1.54) is 6.92 Å². The van der Waals surface area contributed by atoms with E-state index in [9.17, 15) is 14.4 Å². The highest BCUT2D eigenvalue weighted by molar-refractivity contribution is 9.10. The Labute approximate surface area is 250 Å². The molecule has 3 atom stereocenters. The number of amides is 2. The molecular weight excluding hydrogens is 608 g/mol. The summed E-state index contributed by atoms with van der Waals surface area (Å²) in [4.78, 5) is 54.6. The maximum Gasteiger partial charge on any atom is 0.248 e. The first-order valence-electron chi connectivity index (χ1n) is 13.3. The summed E-state index contributed by atoms with van der Waals surface area (Å²) < 4.78 is 2.37. The zero-order valence-corrected chi connectivity index (χ0v) is 25.4. The number of rotatable bonds is 6.